The molecule has 0 unspecified atom stereocenters. The summed E-state index contributed by atoms with van der Waals surface area (Å²) in [4.78, 5) is 11.2. The normalized spacial score (nSPS) is 10.8. The monoisotopic (exact) mass is 329 g/mol. The summed E-state index contributed by atoms with van der Waals surface area (Å²) in [7, 11) is 0. The highest BCUT2D eigenvalue weighted by Gasteiger charge is 2.19. The van der Waals surface area contributed by atoms with Gasteiger partial charge in [-0.25, -0.2) is 18.0 Å². The molecule has 2 rings (SSSR count). The van der Waals surface area contributed by atoms with Gasteiger partial charge in [-0.3, -0.25) is 0 Å². The lowest BCUT2D eigenvalue weighted by Crippen LogP contribution is -2.05. The molecule has 2 aromatic carbocycles. The third kappa shape index (κ3) is 3.33. The number of rotatable bonds is 4. The van der Waals surface area contributed by atoms with Crippen LogP contribution in [0.25, 0.3) is 0 Å². The fraction of sp³-hybridized carbons (Fsp3) is 0.133. The molecule has 7 heteroatoms. The number of carboxylic acids is 1. The molecule has 2 N–H and O–H groups in total. The predicted octanol–water partition coefficient (Wildman–Crippen LogP) is 5.17. The molecule has 3 nitrogen and oxygen atoms in total. The van der Waals surface area contributed by atoms with Crippen LogP contribution in [-0.4, -0.2) is 11.1 Å². The van der Waals surface area contributed by atoms with E-state index in [4.69, 9.17) is 16.7 Å². The van der Waals surface area contributed by atoms with Gasteiger partial charge >= 0.3 is 5.97 Å². The highest BCUT2D eigenvalue weighted by Crippen LogP contribution is 2.34. The van der Waals surface area contributed by atoms with E-state index < -0.39 is 23.8 Å². The van der Waals surface area contributed by atoms with Crippen LogP contribution in [0.2, 0.25) is 5.02 Å². The second kappa shape index (κ2) is 6.27. The number of carbonyl (C=O) groups is 1. The van der Waals surface area contributed by atoms with Crippen LogP contribution in [0, 0.1) is 12.7 Å². The molecule has 116 valence electrons. The SMILES string of the molecule is Cc1cc(F)ccc1Nc1cc(C(F)F)c(Cl)cc1C(=O)O. The van der Waals surface area contributed by atoms with Gasteiger partial charge in [-0.2, -0.15) is 0 Å². The summed E-state index contributed by atoms with van der Waals surface area (Å²) in [6.07, 6.45) is -2.84. The first kappa shape index (κ1) is 16.2. The molecule has 0 bridgehead atoms. The predicted molar refractivity (Wildman–Crippen MR) is 77.8 cm³/mol. The van der Waals surface area contributed by atoms with Crippen molar-refractivity contribution in [3.63, 3.8) is 0 Å². The fourth-order valence-corrected chi connectivity index (χ4v) is 2.20. The molecule has 0 spiro atoms. The number of alkyl halides is 2. The number of anilines is 2. The van der Waals surface area contributed by atoms with E-state index >= 15 is 0 Å². The van der Waals surface area contributed by atoms with E-state index in [1.54, 1.807) is 6.92 Å². The van der Waals surface area contributed by atoms with E-state index in [1.165, 1.54) is 18.2 Å². The Balaban J connectivity index is 2.52. The second-order valence-electron chi connectivity index (χ2n) is 4.61. The Hall–Kier alpha value is -2.21. The minimum Gasteiger partial charge on any atom is -0.478 e. The van der Waals surface area contributed by atoms with E-state index in [0.29, 0.717) is 11.3 Å². The summed E-state index contributed by atoms with van der Waals surface area (Å²) < 4.78 is 38.9. The minimum atomic E-state index is -2.84. The van der Waals surface area contributed by atoms with Crippen LogP contribution in [0.3, 0.4) is 0 Å². The van der Waals surface area contributed by atoms with Crippen molar-refractivity contribution >= 4 is 28.9 Å². The molecule has 0 aliphatic heterocycles. The molecule has 0 radical (unpaired) electrons. The van der Waals surface area contributed by atoms with Crippen molar-refractivity contribution in [2.75, 3.05) is 5.32 Å². The number of benzene rings is 2. The third-order valence-corrected chi connectivity index (χ3v) is 3.39. The largest absolute Gasteiger partial charge is 0.478 e. The van der Waals surface area contributed by atoms with Crippen molar-refractivity contribution in [3.05, 3.63) is 57.9 Å². The lowest BCUT2D eigenvalue weighted by atomic mass is 10.1. The van der Waals surface area contributed by atoms with E-state index in [-0.39, 0.29) is 16.3 Å². The molecule has 0 amide bonds. The van der Waals surface area contributed by atoms with E-state index in [0.717, 1.165) is 12.1 Å². The van der Waals surface area contributed by atoms with Gasteiger partial charge in [0.25, 0.3) is 6.43 Å². The maximum atomic E-state index is 13.1. The summed E-state index contributed by atoms with van der Waals surface area (Å²) >= 11 is 5.67. The number of aromatic carboxylic acids is 1. The topological polar surface area (TPSA) is 49.3 Å². The van der Waals surface area contributed by atoms with Crippen LogP contribution in [0.5, 0.6) is 0 Å². The lowest BCUT2D eigenvalue weighted by molar-refractivity contribution is 0.0697. The number of aryl methyl sites for hydroxylation is 1. The maximum absolute atomic E-state index is 13.1. The Morgan fingerprint density at radius 3 is 2.45 bits per heavy atom. The Kier molecular flexibility index (Phi) is 4.61. The van der Waals surface area contributed by atoms with Gasteiger partial charge in [0.2, 0.25) is 0 Å². The fourth-order valence-electron chi connectivity index (χ4n) is 1.95. The molecule has 22 heavy (non-hydrogen) atoms. The molecular weight excluding hydrogens is 319 g/mol. The Morgan fingerprint density at radius 2 is 1.91 bits per heavy atom. The zero-order valence-corrected chi connectivity index (χ0v) is 12.1. The highest BCUT2D eigenvalue weighted by molar-refractivity contribution is 6.32. The molecule has 0 aromatic heterocycles. The van der Waals surface area contributed by atoms with Crippen molar-refractivity contribution < 1.29 is 23.1 Å². The molecule has 0 saturated heterocycles. The number of nitrogens with one attached hydrogen (secondary N) is 1. The van der Waals surface area contributed by atoms with Gasteiger partial charge in [0.1, 0.15) is 5.82 Å². The van der Waals surface area contributed by atoms with Gasteiger partial charge in [0.05, 0.1) is 16.3 Å². The van der Waals surface area contributed by atoms with Gasteiger partial charge < -0.3 is 10.4 Å². The van der Waals surface area contributed by atoms with Crippen LogP contribution in [0.1, 0.15) is 27.9 Å². The number of carboxylic acid groups (broad SMARTS) is 1. The quantitative estimate of drug-likeness (QED) is 0.813. The molecule has 0 heterocycles. The number of hydrogen-bond acceptors (Lipinski definition) is 2. The van der Waals surface area contributed by atoms with Crippen LogP contribution in [0.15, 0.2) is 30.3 Å². The van der Waals surface area contributed by atoms with Crippen LogP contribution >= 0.6 is 11.6 Å². The molecule has 2 aromatic rings. The third-order valence-electron chi connectivity index (χ3n) is 3.06. The maximum Gasteiger partial charge on any atom is 0.337 e. The number of hydrogen-bond donors (Lipinski definition) is 2. The summed E-state index contributed by atoms with van der Waals surface area (Å²) in [5, 5.41) is 11.6. The van der Waals surface area contributed by atoms with Crippen molar-refractivity contribution in [2.45, 2.75) is 13.3 Å². The van der Waals surface area contributed by atoms with E-state index in [1.807, 2.05) is 0 Å². The molecule has 0 saturated carbocycles. The van der Waals surface area contributed by atoms with Crippen LogP contribution < -0.4 is 5.32 Å². The summed E-state index contributed by atoms with van der Waals surface area (Å²) in [5.41, 5.74) is 0.144. The summed E-state index contributed by atoms with van der Waals surface area (Å²) in [5.74, 6) is -1.77. The van der Waals surface area contributed by atoms with Crippen LogP contribution in [-0.2, 0) is 0 Å². The van der Waals surface area contributed by atoms with Crippen LogP contribution in [0.4, 0.5) is 24.5 Å². The van der Waals surface area contributed by atoms with Gasteiger partial charge in [-0.15, -0.1) is 0 Å². The zero-order valence-electron chi connectivity index (χ0n) is 11.3. The van der Waals surface area contributed by atoms with Crippen molar-refractivity contribution in [1.29, 1.82) is 0 Å². The second-order valence-corrected chi connectivity index (χ2v) is 5.02. The van der Waals surface area contributed by atoms with Gasteiger partial charge in [-0.05, 0) is 42.8 Å². The molecule has 0 atom stereocenters. The van der Waals surface area contributed by atoms with Crippen molar-refractivity contribution in [2.24, 2.45) is 0 Å². The smallest absolute Gasteiger partial charge is 0.337 e. The van der Waals surface area contributed by atoms with E-state index in [2.05, 4.69) is 5.32 Å². The molecule has 0 aliphatic rings. The summed E-state index contributed by atoms with van der Waals surface area (Å²) in [6.45, 7) is 1.61. The molecule has 0 fully saturated rings. The Bertz CT molecular complexity index is 735. The van der Waals surface area contributed by atoms with Gasteiger partial charge in [0.15, 0.2) is 0 Å². The first-order valence-corrected chi connectivity index (χ1v) is 6.55. The minimum absolute atomic E-state index is 0.0399. The van der Waals surface area contributed by atoms with Crippen molar-refractivity contribution in [1.82, 2.24) is 0 Å². The first-order valence-electron chi connectivity index (χ1n) is 6.17. The lowest BCUT2D eigenvalue weighted by Gasteiger charge is -2.14. The highest BCUT2D eigenvalue weighted by atomic mass is 35.5. The Labute approximate surface area is 129 Å². The average molecular weight is 330 g/mol. The van der Waals surface area contributed by atoms with Gasteiger partial charge in [0, 0.05) is 11.3 Å². The molecule has 0 aliphatic carbocycles. The summed E-state index contributed by atoms with van der Waals surface area (Å²) in [6, 6.07) is 5.77. The number of halogens is 4. The average Bonchev–Trinajstić information content (AvgIpc) is 2.42. The van der Waals surface area contributed by atoms with E-state index in [9.17, 15) is 18.0 Å². The zero-order chi connectivity index (χ0) is 16.4. The van der Waals surface area contributed by atoms with Gasteiger partial charge in [-0.1, -0.05) is 11.6 Å². The Morgan fingerprint density at radius 1 is 1.23 bits per heavy atom. The first-order chi connectivity index (χ1) is 10.3. The standard InChI is InChI=1S/C15H11ClF3NO2/c1-7-4-8(17)2-3-12(7)20-13-6-9(14(18)19)11(16)5-10(13)15(21)22/h2-6,14,20H,1H3,(H,21,22). The van der Waals surface area contributed by atoms with Crippen molar-refractivity contribution in [3.8, 4) is 0 Å². The molecular formula is C15H11ClF3NO2.